The summed E-state index contributed by atoms with van der Waals surface area (Å²) in [5, 5.41) is 10.2. The highest BCUT2D eigenvalue weighted by atomic mass is 35.5. The molecule has 0 spiro atoms. The number of piperidine rings is 1. The lowest BCUT2D eigenvalue weighted by atomic mass is 9.94. The maximum atomic E-state index is 12.8. The third kappa shape index (κ3) is 4.21. The van der Waals surface area contributed by atoms with E-state index in [-0.39, 0.29) is 6.03 Å². The topological polar surface area (TPSA) is 92.1 Å². The molecule has 3 N–H and O–H groups in total. The highest BCUT2D eigenvalue weighted by molar-refractivity contribution is 6.30. The molecule has 0 bridgehead atoms. The van der Waals surface area contributed by atoms with Gasteiger partial charge in [0.05, 0.1) is 23.8 Å². The highest BCUT2D eigenvalue weighted by Gasteiger charge is 2.29. The van der Waals surface area contributed by atoms with Crippen molar-refractivity contribution >= 4 is 29.5 Å². The van der Waals surface area contributed by atoms with Gasteiger partial charge in [0.1, 0.15) is 5.70 Å². The minimum Gasteiger partial charge on any atom is -0.328 e. The van der Waals surface area contributed by atoms with Gasteiger partial charge >= 0.3 is 6.03 Å². The molecule has 0 atom stereocenters. The van der Waals surface area contributed by atoms with Crippen molar-refractivity contribution in [3.63, 3.8) is 0 Å². The number of likely N-dealkylation sites (tertiary alicyclic amines) is 1. The van der Waals surface area contributed by atoms with Crippen LogP contribution in [0, 0.1) is 11.3 Å². The molecule has 7 heteroatoms. The third-order valence-electron chi connectivity index (χ3n) is 5.15. The van der Waals surface area contributed by atoms with E-state index in [9.17, 15) is 14.9 Å². The van der Waals surface area contributed by atoms with E-state index in [0.29, 0.717) is 61.6 Å². The minimum atomic E-state index is -0.0501. The molecule has 3 rings (SSSR count). The number of halogens is 1. The summed E-state index contributed by atoms with van der Waals surface area (Å²) in [6.45, 7) is 2.05. The SMILES string of the molecule is N#CC(=C1CCN(C(=O)N2CCC([NH3+])=C(C=O)C2)CC1)c1ccc(Cl)cc1. The first-order valence-corrected chi connectivity index (χ1v) is 9.32. The van der Waals surface area contributed by atoms with Crippen LogP contribution in [0.25, 0.3) is 5.57 Å². The average Bonchev–Trinajstić information content (AvgIpc) is 2.70. The zero-order valence-electron chi connectivity index (χ0n) is 15.1. The highest BCUT2D eigenvalue weighted by Crippen LogP contribution is 2.28. The number of quaternary nitrogens is 1. The number of benzene rings is 1. The van der Waals surface area contributed by atoms with Gasteiger partial charge in [-0.05, 0) is 36.1 Å². The molecule has 0 aliphatic carbocycles. The van der Waals surface area contributed by atoms with Crippen molar-refractivity contribution in [2.45, 2.75) is 19.3 Å². The van der Waals surface area contributed by atoms with Crippen molar-refractivity contribution in [3.05, 3.63) is 51.7 Å². The van der Waals surface area contributed by atoms with Crippen LogP contribution in [0.15, 0.2) is 41.1 Å². The number of carbonyl (C=O) groups excluding carboxylic acids is 2. The van der Waals surface area contributed by atoms with E-state index < -0.39 is 0 Å². The first-order chi connectivity index (χ1) is 13.0. The molecule has 2 aliphatic rings. The molecule has 0 aromatic heterocycles. The summed E-state index contributed by atoms with van der Waals surface area (Å²) in [6.07, 6.45) is 2.77. The standard InChI is InChI=1S/C20H21ClN4O2/c21-17-3-1-14(2-4-17)18(11-22)15-5-8-24(9-6-15)20(27)25-10-7-19(23)16(12-25)13-26/h1-4,13H,5-10,12,23H2/p+1. The quantitative estimate of drug-likeness (QED) is 0.625. The summed E-state index contributed by atoms with van der Waals surface area (Å²) in [6, 6.07) is 9.51. The number of carbonyl (C=O) groups is 2. The normalized spacial score (nSPS) is 17.6. The molecule has 6 nitrogen and oxygen atoms in total. The number of allylic oxidation sites excluding steroid dienone is 1. The van der Waals surface area contributed by atoms with E-state index in [1.807, 2.05) is 12.1 Å². The van der Waals surface area contributed by atoms with Crippen LogP contribution >= 0.6 is 11.6 Å². The second kappa shape index (κ2) is 8.38. The molecule has 0 radical (unpaired) electrons. The van der Waals surface area contributed by atoms with Crippen molar-refractivity contribution in [2.75, 3.05) is 26.2 Å². The Morgan fingerprint density at radius 1 is 1.11 bits per heavy atom. The van der Waals surface area contributed by atoms with Crippen LogP contribution in [-0.4, -0.2) is 48.3 Å². The Bertz CT molecular complexity index is 842. The number of nitriles is 1. The summed E-state index contributed by atoms with van der Waals surface area (Å²) in [5.41, 5.74) is 7.89. The first-order valence-electron chi connectivity index (χ1n) is 8.94. The number of rotatable bonds is 2. The van der Waals surface area contributed by atoms with Gasteiger partial charge in [-0.3, -0.25) is 4.79 Å². The summed E-state index contributed by atoms with van der Waals surface area (Å²) < 4.78 is 0. The third-order valence-corrected chi connectivity index (χ3v) is 5.40. The van der Waals surface area contributed by atoms with E-state index in [1.165, 1.54) is 0 Å². The second-order valence-corrected chi connectivity index (χ2v) is 7.22. The molecule has 27 heavy (non-hydrogen) atoms. The zero-order chi connectivity index (χ0) is 19.4. The molecule has 1 saturated heterocycles. The number of urea groups is 1. The van der Waals surface area contributed by atoms with Crippen LogP contribution in [-0.2, 0) is 4.79 Å². The fourth-order valence-electron chi connectivity index (χ4n) is 3.49. The number of aldehydes is 1. The van der Waals surface area contributed by atoms with Crippen molar-refractivity contribution in [1.82, 2.24) is 9.80 Å². The van der Waals surface area contributed by atoms with E-state index >= 15 is 0 Å². The number of nitrogens with zero attached hydrogens (tertiary/aromatic N) is 3. The molecule has 0 saturated carbocycles. The van der Waals surface area contributed by atoms with Crippen LogP contribution in [0.2, 0.25) is 5.02 Å². The lowest BCUT2D eigenvalue weighted by Crippen LogP contribution is -2.55. The molecule has 1 aromatic carbocycles. The van der Waals surface area contributed by atoms with Gasteiger partial charge in [0.2, 0.25) is 0 Å². The molecular weight excluding hydrogens is 364 g/mol. The number of hydrogen-bond donors (Lipinski definition) is 1. The van der Waals surface area contributed by atoms with Gasteiger partial charge in [-0.15, -0.1) is 0 Å². The maximum absolute atomic E-state index is 12.8. The van der Waals surface area contributed by atoms with E-state index in [1.54, 1.807) is 21.9 Å². The van der Waals surface area contributed by atoms with E-state index in [4.69, 9.17) is 11.6 Å². The Morgan fingerprint density at radius 3 is 2.33 bits per heavy atom. The largest absolute Gasteiger partial charge is 0.328 e. The number of amides is 2. The lowest BCUT2D eigenvalue weighted by molar-refractivity contribution is -0.309. The van der Waals surface area contributed by atoms with E-state index in [0.717, 1.165) is 23.1 Å². The Balaban J connectivity index is 1.68. The fraction of sp³-hybridized carbons (Fsp3) is 0.350. The maximum Gasteiger partial charge on any atom is 0.320 e. The minimum absolute atomic E-state index is 0.0501. The summed E-state index contributed by atoms with van der Waals surface area (Å²) in [4.78, 5) is 27.4. The van der Waals surface area contributed by atoms with Gasteiger partial charge in [0, 0.05) is 31.1 Å². The molecule has 1 fully saturated rings. The molecular formula is C20H22ClN4O2+. The van der Waals surface area contributed by atoms with Gasteiger partial charge in [0.25, 0.3) is 0 Å². The van der Waals surface area contributed by atoms with Crippen LogP contribution in [0.4, 0.5) is 4.79 Å². The molecule has 2 aliphatic heterocycles. The fourth-order valence-corrected chi connectivity index (χ4v) is 3.62. The lowest BCUT2D eigenvalue weighted by Gasteiger charge is -2.35. The Hall–Kier alpha value is -2.62. The molecule has 140 valence electrons. The van der Waals surface area contributed by atoms with Crippen LogP contribution < -0.4 is 5.73 Å². The first kappa shape index (κ1) is 19.2. The molecule has 0 unspecified atom stereocenters. The summed E-state index contributed by atoms with van der Waals surface area (Å²) in [5.74, 6) is 0. The smallest absolute Gasteiger partial charge is 0.320 e. The monoisotopic (exact) mass is 385 g/mol. The van der Waals surface area contributed by atoms with Crippen LogP contribution in [0.3, 0.4) is 0 Å². The molecule has 2 heterocycles. The molecule has 1 aromatic rings. The molecule has 2 amide bonds. The Kier molecular flexibility index (Phi) is 5.94. The summed E-state index contributed by atoms with van der Waals surface area (Å²) in [7, 11) is 0. The Labute approximate surface area is 163 Å². The average molecular weight is 386 g/mol. The van der Waals surface area contributed by atoms with Crippen molar-refractivity contribution < 1.29 is 15.3 Å². The van der Waals surface area contributed by atoms with Crippen LogP contribution in [0.5, 0.6) is 0 Å². The van der Waals surface area contributed by atoms with Gasteiger partial charge in [-0.2, -0.15) is 5.26 Å². The predicted octanol–water partition coefficient (Wildman–Crippen LogP) is 2.23. The van der Waals surface area contributed by atoms with E-state index in [2.05, 4.69) is 11.8 Å². The van der Waals surface area contributed by atoms with Crippen molar-refractivity contribution in [1.29, 1.82) is 5.26 Å². The zero-order valence-corrected chi connectivity index (χ0v) is 15.8. The summed E-state index contributed by atoms with van der Waals surface area (Å²) >= 11 is 5.93. The second-order valence-electron chi connectivity index (χ2n) is 6.79. The van der Waals surface area contributed by atoms with Crippen molar-refractivity contribution in [3.8, 4) is 6.07 Å². The van der Waals surface area contributed by atoms with Gasteiger partial charge in [-0.1, -0.05) is 23.7 Å². The van der Waals surface area contributed by atoms with Crippen molar-refractivity contribution in [2.24, 2.45) is 0 Å². The van der Waals surface area contributed by atoms with Crippen LogP contribution in [0.1, 0.15) is 24.8 Å². The Morgan fingerprint density at radius 2 is 1.74 bits per heavy atom. The van der Waals surface area contributed by atoms with Gasteiger partial charge in [0.15, 0.2) is 6.29 Å². The van der Waals surface area contributed by atoms with Gasteiger partial charge in [-0.25, -0.2) is 4.79 Å². The number of hydrogen-bond acceptors (Lipinski definition) is 3. The van der Waals surface area contributed by atoms with Gasteiger partial charge < -0.3 is 15.5 Å². The predicted molar refractivity (Wildman–Crippen MR) is 102 cm³/mol.